The molecule has 1 heterocycles. The van der Waals surface area contributed by atoms with Crippen LogP contribution < -0.4 is 5.32 Å². The topological polar surface area (TPSA) is 104 Å². The summed E-state index contributed by atoms with van der Waals surface area (Å²) < 4.78 is 55.0. The summed E-state index contributed by atoms with van der Waals surface area (Å²) in [6, 6.07) is 14.4. The minimum atomic E-state index is -3.98. The van der Waals surface area contributed by atoms with E-state index in [1.807, 2.05) is 13.8 Å². The summed E-state index contributed by atoms with van der Waals surface area (Å²) in [7, 11) is -7.85. The lowest BCUT2D eigenvalue weighted by atomic mass is 10.2. The lowest BCUT2D eigenvalue weighted by molar-refractivity contribution is -0.126. The third-order valence-electron chi connectivity index (χ3n) is 5.33. The van der Waals surface area contributed by atoms with Crippen LogP contribution in [0, 0.1) is 0 Å². The first-order valence-electron chi connectivity index (χ1n) is 10.1. The van der Waals surface area contributed by atoms with Crippen LogP contribution in [0.1, 0.15) is 20.3 Å². The molecule has 2 atom stereocenters. The molecule has 1 aliphatic rings. The third kappa shape index (κ3) is 4.98. The Morgan fingerprint density at radius 2 is 1.45 bits per heavy atom. The molecule has 1 saturated heterocycles. The van der Waals surface area contributed by atoms with Gasteiger partial charge in [-0.2, -0.15) is 8.61 Å². The maximum Gasteiger partial charge on any atom is 0.243 e. The van der Waals surface area contributed by atoms with Crippen molar-refractivity contribution in [1.29, 1.82) is 0 Å². The quantitative estimate of drug-likeness (QED) is 0.670. The highest BCUT2D eigenvalue weighted by Crippen LogP contribution is 2.25. The van der Waals surface area contributed by atoms with Crippen molar-refractivity contribution in [3.8, 4) is 0 Å². The highest BCUT2D eigenvalue weighted by molar-refractivity contribution is 7.89. The number of amides is 1. The smallest absolute Gasteiger partial charge is 0.243 e. The monoisotopic (exact) mass is 465 g/mol. The minimum Gasteiger partial charge on any atom is -0.352 e. The van der Waals surface area contributed by atoms with Crippen molar-refractivity contribution >= 4 is 26.0 Å². The second-order valence-electron chi connectivity index (χ2n) is 7.44. The van der Waals surface area contributed by atoms with Crippen molar-refractivity contribution < 1.29 is 21.6 Å². The molecule has 168 valence electrons. The summed E-state index contributed by atoms with van der Waals surface area (Å²) in [5.74, 6) is -0.512. The standard InChI is InChI=1S/C21H27N3O5S2/c1-3-17(2)22-21(25)20-16-23(30(26,27)18-10-6-4-7-11-18)14-15-24(20)31(28,29)19-12-8-5-9-13-19/h4-13,17,20H,3,14-16H2,1-2H3,(H,22,25)/t17-,20+/m1/s1. The van der Waals surface area contributed by atoms with Crippen LogP contribution >= 0.6 is 0 Å². The van der Waals surface area contributed by atoms with Crippen molar-refractivity contribution in [2.75, 3.05) is 19.6 Å². The predicted molar refractivity (Wildman–Crippen MR) is 117 cm³/mol. The Labute approximate surface area is 184 Å². The lowest BCUT2D eigenvalue weighted by Crippen LogP contribution is -2.61. The largest absolute Gasteiger partial charge is 0.352 e. The molecule has 0 unspecified atom stereocenters. The van der Waals surface area contributed by atoms with E-state index in [0.29, 0.717) is 6.42 Å². The van der Waals surface area contributed by atoms with Crippen molar-refractivity contribution in [3.63, 3.8) is 0 Å². The summed E-state index contributed by atoms with van der Waals surface area (Å²) in [5, 5.41) is 2.80. The lowest BCUT2D eigenvalue weighted by Gasteiger charge is -2.39. The van der Waals surface area contributed by atoms with Gasteiger partial charge in [-0.05, 0) is 37.6 Å². The average Bonchev–Trinajstić information content (AvgIpc) is 2.79. The van der Waals surface area contributed by atoms with Gasteiger partial charge in [0, 0.05) is 25.7 Å². The van der Waals surface area contributed by atoms with Crippen LogP contribution in [0.2, 0.25) is 0 Å². The van der Waals surface area contributed by atoms with Crippen LogP contribution in [0.3, 0.4) is 0 Å². The molecule has 2 aromatic carbocycles. The minimum absolute atomic E-state index is 0.0452. The van der Waals surface area contributed by atoms with E-state index in [-0.39, 0.29) is 35.5 Å². The van der Waals surface area contributed by atoms with Gasteiger partial charge in [0.2, 0.25) is 26.0 Å². The molecule has 10 heteroatoms. The van der Waals surface area contributed by atoms with Crippen molar-refractivity contribution in [3.05, 3.63) is 60.7 Å². The molecule has 1 N–H and O–H groups in total. The number of nitrogens with one attached hydrogen (secondary N) is 1. The van der Waals surface area contributed by atoms with E-state index in [1.165, 1.54) is 28.6 Å². The van der Waals surface area contributed by atoms with Gasteiger partial charge in [0.25, 0.3) is 0 Å². The Balaban J connectivity index is 1.96. The third-order valence-corrected chi connectivity index (χ3v) is 9.13. The van der Waals surface area contributed by atoms with Crippen LogP contribution in [0.5, 0.6) is 0 Å². The molecule has 0 radical (unpaired) electrons. The molecule has 0 aromatic heterocycles. The number of sulfonamides is 2. The molecule has 0 spiro atoms. The zero-order chi connectivity index (χ0) is 22.6. The van der Waals surface area contributed by atoms with E-state index < -0.39 is 32.0 Å². The SMILES string of the molecule is CC[C@@H](C)NC(=O)[C@@H]1CN(S(=O)(=O)c2ccccc2)CCN1S(=O)(=O)c1ccccc1. The molecule has 0 saturated carbocycles. The Bertz CT molecular complexity index is 1110. The van der Waals surface area contributed by atoms with Crippen LogP contribution in [0.15, 0.2) is 70.5 Å². The highest BCUT2D eigenvalue weighted by Gasteiger charge is 2.43. The Morgan fingerprint density at radius 3 is 1.97 bits per heavy atom. The molecule has 1 fully saturated rings. The van der Waals surface area contributed by atoms with Crippen LogP contribution in [0.4, 0.5) is 0 Å². The summed E-state index contributed by atoms with van der Waals surface area (Å²) >= 11 is 0. The molecular weight excluding hydrogens is 438 g/mol. The van der Waals surface area contributed by atoms with Gasteiger partial charge in [0.1, 0.15) is 6.04 Å². The fourth-order valence-electron chi connectivity index (χ4n) is 3.37. The number of benzene rings is 2. The average molecular weight is 466 g/mol. The summed E-state index contributed by atoms with van der Waals surface area (Å²) in [5.41, 5.74) is 0. The number of nitrogens with zero attached hydrogens (tertiary/aromatic N) is 2. The summed E-state index contributed by atoms with van der Waals surface area (Å²) in [6.07, 6.45) is 0.663. The van der Waals surface area contributed by atoms with Gasteiger partial charge in [0.15, 0.2) is 0 Å². The van der Waals surface area contributed by atoms with Crippen molar-refractivity contribution in [1.82, 2.24) is 13.9 Å². The highest BCUT2D eigenvalue weighted by atomic mass is 32.2. The molecule has 0 bridgehead atoms. The number of carbonyl (C=O) groups excluding carboxylic acids is 1. The van der Waals surface area contributed by atoms with Gasteiger partial charge in [-0.15, -0.1) is 0 Å². The van der Waals surface area contributed by atoms with Crippen molar-refractivity contribution in [2.24, 2.45) is 0 Å². The predicted octanol–water partition coefficient (Wildman–Crippen LogP) is 1.67. The Kier molecular flexibility index (Phi) is 7.15. The first kappa shape index (κ1) is 23.4. The second-order valence-corrected chi connectivity index (χ2v) is 11.3. The normalized spacial score (nSPS) is 19.6. The van der Waals surface area contributed by atoms with Crippen LogP contribution in [0.25, 0.3) is 0 Å². The zero-order valence-electron chi connectivity index (χ0n) is 17.5. The fraction of sp³-hybridized carbons (Fsp3) is 0.381. The van der Waals surface area contributed by atoms with E-state index in [9.17, 15) is 21.6 Å². The number of hydrogen-bond acceptors (Lipinski definition) is 5. The number of piperazine rings is 1. The Hall–Kier alpha value is -2.27. The second kappa shape index (κ2) is 9.47. The molecular formula is C21H27N3O5S2. The zero-order valence-corrected chi connectivity index (χ0v) is 19.1. The van der Waals surface area contributed by atoms with Gasteiger partial charge < -0.3 is 5.32 Å². The van der Waals surface area contributed by atoms with E-state index in [2.05, 4.69) is 5.32 Å². The van der Waals surface area contributed by atoms with Crippen LogP contribution in [-0.2, 0) is 24.8 Å². The van der Waals surface area contributed by atoms with Crippen LogP contribution in [-0.4, -0.2) is 63.1 Å². The van der Waals surface area contributed by atoms with Gasteiger partial charge in [-0.3, -0.25) is 4.79 Å². The summed E-state index contributed by atoms with van der Waals surface area (Å²) in [4.78, 5) is 13.2. The van der Waals surface area contributed by atoms with E-state index in [1.54, 1.807) is 36.4 Å². The maximum atomic E-state index is 13.3. The first-order valence-corrected chi connectivity index (χ1v) is 13.0. The molecule has 1 aliphatic heterocycles. The molecule has 3 rings (SSSR count). The number of carbonyl (C=O) groups is 1. The Morgan fingerprint density at radius 1 is 0.935 bits per heavy atom. The molecule has 31 heavy (non-hydrogen) atoms. The van der Waals surface area contributed by atoms with E-state index in [4.69, 9.17) is 0 Å². The maximum absolute atomic E-state index is 13.3. The number of rotatable bonds is 7. The molecule has 0 aliphatic carbocycles. The van der Waals surface area contributed by atoms with E-state index in [0.717, 1.165) is 4.31 Å². The van der Waals surface area contributed by atoms with E-state index >= 15 is 0 Å². The molecule has 2 aromatic rings. The first-order chi connectivity index (χ1) is 14.7. The van der Waals surface area contributed by atoms with Crippen molar-refractivity contribution in [2.45, 2.75) is 42.1 Å². The van der Waals surface area contributed by atoms with Gasteiger partial charge in [0.05, 0.1) is 9.79 Å². The number of hydrogen-bond donors (Lipinski definition) is 1. The molecule has 1 amide bonds. The molecule has 8 nitrogen and oxygen atoms in total. The van der Waals surface area contributed by atoms with Gasteiger partial charge >= 0.3 is 0 Å². The van der Waals surface area contributed by atoms with Gasteiger partial charge in [-0.1, -0.05) is 43.3 Å². The van der Waals surface area contributed by atoms with Gasteiger partial charge in [-0.25, -0.2) is 16.8 Å². The fourth-order valence-corrected chi connectivity index (χ4v) is 6.42. The summed E-state index contributed by atoms with van der Waals surface area (Å²) in [6.45, 7) is 3.29.